The number of alkyl halides is 3. The summed E-state index contributed by atoms with van der Waals surface area (Å²) in [5.41, 5.74) is 0.0497. The summed E-state index contributed by atoms with van der Waals surface area (Å²) in [7, 11) is -4.39. The van der Waals surface area contributed by atoms with Gasteiger partial charge in [-0.05, 0) is 37.3 Å². The van der Waals surface area contributed by atoms with Crippen LogP contribution in [0.25, 0.3) is 0 Å². The number of carbonyl (C=O) groups excluding carboxylic acids is 2. The Hall–Kier alpha value is -3.08. The van der Waals surface area contributed by atoms with Gasteiger partial charge in [0, 0.05) is 46.1 Å². The smallest absolute Gasteiger partial charge is 0.339 e. The third-order valence-electron chi connectivity index (χ3n) is 5.68. The van der Waals surface area contributed by atoms with E-state index < -0.39 is 26.7 Å². The van der Waals surface area contributed by atoms with Crippen LogP contribution in [-0.2, 0) is 25.8 Å². The molecule has 0 radical (unpaired) electrons. The molecule has 1 aliphatic rings. The molecule has 0 aliphatic carbocycles. The molecule has 11 heteroatoms. The lowest BCUT2D eigenvalue weighted by Gasteiger charge is -2.34. The number of hydrogen-bond acceptors (Lipinski definition) is 4. The Morgan fingerprint density at radius 3 is 2.12 bits per heavy atom. The van der Waals surface area contributed by atoms with Gasteiger partial charge in [0.05, 0.1) is 16.1 Å². The van der Waals surface area contributed by atoms with Crippen LogP contribution in [0.15, 0.2) is 53.4 Å². The van der Waals surface area contributed by atoms with Crippen molar-refractivity contribution in [3.8, 4) is 0 Å². The summed E-state index contributed by atoms with van der Waals surface area (Å²) in [6, 6.07) is 10.0. The summed E-state index contributed by atoms with van der Waals surface area (Å²) in [6.45, 7) is 4.49. The normalized spacial score (nSPS) is 14.7. The van der Waals surface area contributed by atoms with Crippen molar-refractivity contribution in [2.45, 2.75) is 31.3 Å². The highest BCUT2D eigenvalue weighted by Crippen LogP contribution is 2.32. The fraction of sp³-hybridized carbons (Fsp3) is 0.391. The number of amides is 2. The third-order valence-corrected chi connectivity index (χ3v) is 7.50. The number of anilines is 1. The van der Waals surface area contributed by atoms with Crippen molar-refractivity contribution in [3.05, 3.63) is 59.7 Å². The van der Waals surface area contributed by atoms with Gasteiger partial charge in [0.25, 0.3) is 10.0 Å². The van der Waals surface area contributed by atoms with Gasteiger partial charge in [0.2, 0.25) is 11.8 Å². The van der Waals surface area contributed by atoms with E-state index in [0.29, 0.717) is 32.2 Å². The highest BCUT2D eigenvalue weighted by atomic mass is 32.2. The molecule has 1 saturated heterocycles. The Morgan fingerprint density at radius 1 is 0.971 bits per heavy atom. The van der Waals surface area contributed by atoms with Gasteiger partial charge >= 0.3 is 6.18 Å². The van der Waals surface area contributed by atoms with Crippen molar-refractivity contribution >= 4 is 27.5 Å². The van der Waals surface area contributed by atoms with Crippen molar-refractivity contribution in [1.82, 2.24) is 9.80 Å². The second-order valence-electron chi connectivity index (χ2n) is 8.08. The monoisotopic (exact) mass is 497 g/mol. The molecule has 2 amide bonds. The molecule has 7 nitrogen and oxygen atoms in total. The maximum atomic E-state index is 13.4. The summed E-state index contributed by atoms with van der Waals surface area (Å²) in [5.74, 6) is -0.371. The Kier molecular flexibility index (Phi) is 7.54. The van der Waals surface area contributed by atoms with E-state index in [1.165, 1.54) is 6.92 Å². The van der Waals surface area contributed by atoms with Crippen molar-refractivity contribution < 1.29 is 31.2 Å². The first-order valence-electron chi connectivity index (χ1n) is 10.7. The standard InChI is InChI=1S/C23H26F3N3O4S/c1-17-6-8-20(9-7-17)29(11-10-22(31)28-14-12-27(13-15-28)18(2)30)34(32,33)21-5-3-4-19(16-21)23(24,25)26/h3-9,16H,10-15H2,1-2H3. The molecule has 0 spiro atoms. The van der Waals surface area contributed by atoms with E-state index in [1.54, 1.807) is 34.1 Å². The minimum atomic E-state index is -4.70. The lowest BCUT2D eigenvalue weighted by molar-refractivity contribution is -0.138. The minimum Gasteiger partial charge on any atom is -0.339 e. The summed E-state index contributed by atoms with van der Waals surface area (Å²) >= 11 is 0. The van der Waals surface area contributed by atoms with E-state index in [1.807, 2.05) is 6.92 Å². The van der Waals surface area contributed by atoms with Crippen LogP contribution in [0.4, 0.5) is 18.9 Å². The van der Waals surface area contributed by atoms with Gasteiger partial charge in [-0.2, -0.15) is 13.2 Å². The summed E-state index contributed by atoms with van der Waals surface area (Å²) in [6.07, 6.45) is -4.86. The predicted octanol–water partition coefficient (Wildman–Crippen LogP) is 3.29. The SMILES string of the molecule is CC(=O)N1CCN(C(=O)CCN(c2ccc(C)cc2)S(=O)(=O)c2cccc(C(F)(F)F)c2)CC1. The Bertz CT molecular complexity index is 1140. The zero-order chi connectivity index (χ0) is 25.1. The molecule has 0 aromatic heterocycles. The number of rotatable bonds is 6. The van der Waals surface area contributed by atoms with Gasteiger partial charge in [-0.15, -0.1) is 0 Å². The molecule has 0 bridgehead atoms. The molecule has 2 aromatic carbocycles. The number of piperazine rings is 1. The first-order chi connectivity index (χ1) is 15.9. The number of nitrogens with zero attached hydrogens (tertiary/aromatic N) is 3. The molecule has 0 saturated carbocycles. The van der Waals surface area contributed by atoms with Crippen LogP contribution < -0.4 is 4.31 Å². The van der Waals surface area contributed by atoms with Crippen molar-refractivity contribution in [1.29, 1.82) is 0 Å². The van der Waals surface area contributed by atoms with Gasteiger partial charge in [-0.1, -0.05) is 23.8 Å². The van der Waals surface area contributed by atoms with Crippen LogP contribution in [0, 0.1) is 6.92 Å². The summed E-state index contributed by atoms with van der Waals surface area (Å²) in [5, 5.41) is 0. The number of hydrogen-bond donors (Lipinski definition) is 0. The van der Waals surface area contributed by atoms with Gasteiger partial charge in [0.1, 0.15) is 0 Å². The Labute approximate surface area is 196 Å². The van der Waals surface area contributed by atoms with Crippen molar-refractivity contribution in [2.75, 3.05) is 37.0 Å². The van der Waals surface area contributed by atoms with Crippen LogP contribution in [0.3, 0.4) is 0 Å². The van der Waals surface area contributed by atoms with E-state index in [-0.39, 0.29) is 30.5 Å². The van der Waals surface area contributed by atoms with Crippen LogP contribution in [0.5, 0.6) is 0 Å². The average Bonchev–Trinajstić information content (AvgIpc) is 2.79. The molecule has 0 atom stereocenters. The molecule has 0 N–H and O–H groups in total. The zero-order valence-corrected chi connectivity index (χ0v) is 19.7. The van der Waals surface area contributed by atoms with E-state index in [2.05, 4.69) is 0 Å². The van der Waals surface area contributed by atoms with E-state index >= 15 is 0 Å². The van der Waals surface area contributed by atoms with Gasteiger partial charge < -0.3 is 9.80 Å². The fourth-order valence-electron chi connectivity index (χ4n) is 3.69. The molecule has 34 heavy (non-hydrogen) atoms. The van der Waals surface area contributed by atoms with Crippen molar-refractivity contribution in [2.24, 2.45) is 0 Å². The molecule has 1 heterocycles. The maximum absolute atomic E-state index is 13.4. The average molecular weight is 498 g/mol. The largest absolute Gasteiger partial charge is 0.416 e. The number of carbonyl (C=O) groups is 2. The quantitative estimate of drug-likeness (QED) is 0.614. The Morgan fingerprint density at radius 2 is 1.56 bits per heavy atom. The molecule has 0 unspecified atom stereocenters. The maximum Gasteiger partial charge on any atom is 0.416 e. The first kappa shape index (κ1) is 25.5. The van der Waals surface area contributed by atoms with Crippen LogP contribution in [-0.4, -0.2) is 62.8 Å². The molecule has 1 fully saturated rings. The third kappa shape index (κ3) is 5.88. The lowest BCUT2D eigenvalue weighted by atomic mass is 10.2. The van der Waals surface area contributed by atoms with E-state index in [9.17, 15) is 31.2 Å². The topological polar surface area (TPSA) is 78.0 Å². The highest BCUT2D eigenvalue weighted by molar-refractivity contribution is 7.92. The Balaban J connectivity index is 1.84. The van der Waals surface area contributed by atoms with Gasteiger partial charge in [-0.3, -0.25) is 13.9 Å². The number of sulfonamides is 1. The predicted molar refractivity (Wildman–Crippen MR) is 121 cm³/mol. The minimum absolute atomic E-state index is 0.0789. The van der Waals surface area contributed by atoms with E-state index in [0.717, 1.165) is 28.1 Å². The van der Waals surface area contributed by atoms with Crippen LogP contribution in [0.1, 0.15) is 24.5 Å². The van der Waals surface area contributed by atoms with Crippen LogP contribution >= 0.6 is 0 Å². The second-order valence-corrected chi connectivity index (χ2v) is 9.94. The van der Waals surface area contributed by atoms with E-state index in [4.69, 9.17) is 0 Å². The zero-order valence-electron chi connectivity index (χ0n) is 18.9. The molecule has 2 aromatic rings. The molecule has 1 aliphatic heterocycles. The van der Waals surface area contributed by atoms with Gasteiger partial charge in [0.15, 0.2) is 0 Å². The van der Waals surface area contributed by atoms with Gasteiger partial charge in [-0.25, -0.2) is 8.42 Å². The lowest BCUT2D eigenvalue weighted by Crippen LogP contribution is -2.50. The summed E-state index contributed by atoms with van der Waals surface area (Å²) in [4.78, 5) is 26.9. The molecular formula is C23H26F3N3O4S. The highest BCUT2D eigenvalue weighted by Gasteiger charge is 2.33. The second kappa shape index (κ2) is 10.0. The first-order valence-corrected chi connectivity index (χ1v) is 12.1. The van der Waals surface area contributed by atoms with Crippen LogP contribution in [0.2, 0.25) is 0 Å². The fourth-order valence-corrected chi connectivity index (χ4v) is 5.20. The molecular weight excluding hydrogens is 471 g/mol. The molecule has 3 rings (SSSR count). The molecule has 184 valence electrons. The number of aryl methyl sites for hydroxylation is 1. The number of halogens is 3. The number of benzene rings is 2. The summed E-state index contributed by atoms with van der Waals surface area (Å²) < 4.78 is 67.3. The van der Waals surface area contributed by atoms with Crippen molar-refractivity contribution in [3.63, 3.8) is 0 Å².